The molecular formula is C4H4O4Pr. The van der Waals surface area contributed by atoms with Gasteiger partial charge in [0, 0.05) is 53.4 Å². The maximum atomic E-state index is 9.55. The van der Waals surface area contributed by atoms with Crippen molar-refractivity contribution in [3.63, 3.8) is 0 Å². The zero-order valence-corrected chi connectivity index (χ0v) is 8.15. The summed E-state index contributed by atoms with van der Waals surface area (Å²) in [7, 11) is 0. The van der Waals surface area contributed by atoms with Gasteiger partial charge in [0.05, 0.1) is 0 Å². The molecule has 0 aliphatic rings. The number of aliphatic carboxylic acids is 2. The van der Waals surface area contributed by atoms with Gasteiger partial charge in [-0.05, 0) is 0 Å². The van der Waals surface area contributed by atoms with E-state index in [-0.39, 0.29) is 41.3 Å². The van der Waals surface area contributed by atoms with Crippen LogP contribution in [0.5, 0.6) is 0 Å². The summed E-state index contributed by atoms with van der Waals surface area (Å²) in [5, 5.41) is 15.6. The first kappa shape index (κ1) is 11.8. The molecule has 0 bridgehead atoms. The summed E-state index contributed by atoms with van der Waals surface area (Å²) >= 11 is 0. The van der Waals surface area contributed by atoms with Crippen LogP contribution in [0.3, 0.4) is 0 Å². The van der Waals surface area contributed by atoms with Crippen molar-refractivity contribution in [2.45, 2.75) is 0 Å². The van der Waals surface area contributed by atoms with Gasteiger partial charge in [0.15, 0.2) is 0 Å². The molecule has 0 atom stereocenters. The molecule has 0 aromatic carbocycles. The first-order valence-corrected chi connectivity index (χ1v) is 1.77. The van der Waals surface area contributed by atoms with Gasteiger partial charge in [-0.3, -0.25) is 0 Å². The maximum absolute atomic E-state index is 9.55. The summed E-state index contributed by atoms with van der Waals surface area (Å²) in [5.74, 6) is -2.51. The molecule has 0 aliphatic heterocycles. The van der Waals surface area contributed by atoms with E-state index < -0.39 is 11.9 Å². The molecule has 0 aromatic heterocycles. The van der Waals surface area contributed by atoms with Crippen LogP contribution in [0.15, 0.2) is 12.2 Å². The summed E-state index contributed by atoms with van der Waals surface area (Å²) < 4.78 is 0. The average molecular weight is 257 g/mol. The minimum Gasteiger partial charge on any atom is -0.478 e. The van der Waals surface area contributed by atoms with Crippen LogP contribution in [-0.2, 0) is 9.59 Å². The minimum absolute atomic E-state index is 0. The van der Waals surface area contributed by atoms with E-state index in [1.165, 1.54) is 0 Å². The quantitative estimate of drug-likeness (QED) is 0.666. The van der Waals surface area contributed by atoms with Crippen LogP contribution in [0.25, 0.3) is 0 Å². The van der Waals surface area contributed by atoms with Crippen LogP contribution in [0.1, 0.15) is 0 Å². The van der Waals surface area contributed by atoms with Crippen molar-refractivity contribution >= 4 is 11.9 Å². The van der Waals surface area contributed by atoms with E-state index in [9.17, 15) is 9.59 Å². The average Bonchev–Trinajstić information content (AvgIpc) is 1.61. The zero-order valence-electron chi connectivity index (χ0n) is 4.44. The molecule has 5 heteroatoms. The first-order valence-electron chi connectivity index (χ1n) is 1.77. The third-order valence-corrected chi connectivity index (χ3v) is 0.368. The van der Waals surface area contributed by atoms with E-state index in [4.69, 9.17) is 10.2 Å². The molecule has 0 fully saturated rings. The molecule has 0 unspecified atom stereocenters. The minimum atomic E-state index is -1.26. The van der Waals surface area contributed by atoms with Crippen molar-refractivity contribution in [1.82, 2.24) is 0 Å². The molecule has 0 aliphatic carbocycles. The molecule has 0 amide bonds. The van der Waals surface area contributed by atoms with E-state index in [2.05, 4.69) is 0 Å². The van der Waals surface area contributed by atoms with Crippen molar-refractivity contribution in [1.29, 1.82) is 0 Å². The van der Waals surface area contributed by atoms with Gasteiger partial charge in [-0.1, -0.05) is 0 Å². The van der Waals surface area contributed by atoms with Gasteiger partial charge in [-0.2, -0.15) is 0 Å². The van der Waals surface area contributed by atoms with E-state index in [1.54, 1.807) is 0 Å². The molecule has 0 aromatic rings. The maximum Gasteiger partial charge on any atom is 0.328 e. The Morgan fingerprint density at radius 3 is 1.33 bits per heavy atom. The Balaban J connectivity index is 0. The van der Waals surface area contributed by atoms with Gasteiger partial charge in [-0.25, -0.2) is 9.59 Å². The van der Waals surface area contributed by atoms with Crippen molar-refractivity contribution in [3.8, 4) is 0 Å². The summed E-state index contributed by atoms with van der Waals surface area (Å²) in [6, 6.07) is 0. The third-order valence-electron chi connectivity index (χ3n) is 0.368. The van der Waals surface area contributed by atoms with Crippen LogP contribution >= 0.6 is 0 Å². The van der Waals surface area contributed by atoms with Crippen molar-refractivity contribution in [3.05, 3.63) is 12.2 Å². The topological polar surface area (TPSA) is 74.6 Å². The van der Waals surface area contributed by atoms with Gasteiger partial charge in [0.2, 0.25) is 0 Å². The van der Waals surface area contributed by atoms with Crippen molar-refractivity contribution in [2.24, 2.45) is 0 Å². The normalized spacial score (nSPS) is 8.44. The Labute approximate surface area is 84.5 Å². The molecule has 2 N–H and O–H groups in total. The fraction of sp³-hybridized carbons (Fsp3) is 0. The molecular weight excluding hydrogens is 253 g/mol. The Kier molecular flexibility index (Phi) is 8.08. The second-order valence-corrected chi connectivity index (χ2v) is 1.01. The molecule has 0 heterocycles. The van der Waals surface area contributed by atoms with Crippen LogP contribution in [0.2, 0.25) is 0 Å². The fourth-order valence-electron chi connectivity index (χ4n) is 0.143. The van der Waals surface area contributed by atoms with Gasteiger partial charge in [-0.15, -0.1) is 0 Å². The van der Waals surface area contributed by atoms with E-state index in [0.717, 1.165) is 0 Å². The smallest absolute Gasteiger partial charge is 0.328 e. The Morgan fingerprint density at radius 2 is 1.22 bits per heavy atom. The van der Waals surface area contributed by atoms with Crippen LogP contribution < -0.4 is 0 Å². The molecule has 0 spiro atoms. The van der Waals surface area contributed by atoms with Crippen LogP contribution in [0.4, 0.5) is 0 Å². The second-order valence-electron chi connectivity index (χ2n) is 1.01. The number of hydrogen-bond donors (Lipinski definition) is 2. The Hall–Kier alpha value is 0.0436. The largest absolute Gasteiger partial charge is 0.478 e. The summed E-state index contributed by atoms with van der Waals surface area (Å²) in [6.07, 6.45) is 1.12. The molecule has 0 saturated carbocycles. The molecule has 47 valence electrons. The van der Waals surface area contributed by atoms with Crippen molar-refractivity contribution < 1.29 is 61.1 Å². The number of rotatable bonds is 2. The monoisotopic (exact) mass is 257 g/mol. The van der Waals surface area contributed by atoms with E-state index >= 15 is 0 Å². The van der Waals surface area contributed by atoms with Crippen LogP contribution in [0, 0.1) is 41.3 Å². The third kappa shape index (κ3) is 11.5. The predicted molar refractivity (Wildman–Crippen MR) is 24.4 cm³/mol. The van der Waals surface area contributed by atoms with Gasteiger partial charge in [0.25, 0.3) is 0 Å². The first-order chi connectivity index (χ1) is 3.63. The van der Waals surface area contributed by atoms with E-state index in [0.29, 0.717) is 12.2 Å². The SMILES string of the molecule is O=C(O)/C=C\C(=O)O.[Pr]. The van der Waals surface area contributed by atoms with Gasteiger partial charge in [0.1, 0.15) is 0 Å². The predicted octanol–water partition coefficient (Wildman–Crippen LogP) is -0.288. The zero-order chi connectivity index (χ0) is 6.57. The molecule has 0 rings (SSSR count). The second kappa shape index (κ2) is 6.17. The number of hydrogen-bond acceptors (Lipinski definition) is 2. The Morgan fingerprint density at radius 1 is 1.00 bits per heavy atom. The van der Waals surface area contributed by atoms with E-state index in [1.807, 2.05) is 0 Å². The van der Waals surface area contributed by atoms with Gasteiger partial charge < -0.3 is 10.2 Å². The fourth-order valence-corrected chi connectivity index (χ4v) is 0.143. The molecule has 9 heavy (non-hydrogen) atoms. The summed E-state index contributed by atoms with van der Waals surface area (Å²) in [4.78, 5) is 19.1. The molecule has 4 nitrogen and oxygen atoms in total. The van der Waals surface area contributed by atoms with Crippen LogP contribution in [-0.4, -0.2) is 22.2 Å². The number of carboxylic acids is 2. The van der Waals surface area contributed by atoms with Gasteiger partial charge >= 0.3 is 11.9 Å². The molecule has 0 saturated heterocycles. The summed E-state index contributed by atoms with van der Waals surface area (Å²) in [5.41, 5.74) is 0. The molecule has 1 radical (unpaired) electrons. The summed E-state index contributed by atoms with van der Waals surface area (Å²) in [6.45, 7) is 0. The van der Waals surface area contributed by atoms with Crippen molar-refractivity contribution in [2.75, 3.05) is 0 Å². The number of carbonyl (C=O) groups is 2. The Bertz CT molecular complexity index is 124. The number of carboxylic acid groups (broad SMARTS) is 2. The standard InChI is InChI=1S/C4H4O4.Pr/c5-3(6)1-2-4(7)8;/h1-2H,(H,5,6)(H,7,8);/b2-1-;.